The molecular weight excluding hydrogens is 425 g/mol. The Hall–Kier alpha value is -3.05. The van der Waals surface area contributed by atoms with E-state index < -0.39 is 0 Å². The molecule has 6 heteroatoms. The zero-order valence-electron chi connectivity index (χ0n) is 18.0. The molecule has 0 radical (unpaired) electrons. The van der Waals surface area contributed by atoms with Crippen molar-refractivity contribution in [2.24, 2.45) is 0 Å². The molecule has 4 nitrogen and oxygen atoms in total. The average molecular weight is 450 g/mol. The quantitative estimate of drug-likeness (QED) is 0.379. The van der Waals surface area contributed by atoms with Crippen LogP contribution in [0.15, 0.2) is 54.7 Å². The third kappa shape index (κ3) is 3.51. The topological polar surface area (TPSA) is 38.4 Å². The van der Waals surface area contributed by atoms with Crippen LogP contribution in [0.25, 0.3) is 28.0 Å². The van der Waals surface area contributed by atoms with Gasteiger partial charge in [0.1, 0.15) is 17.2 Å². The molecule has 3 heterocycles. The van der Waals surface area contributed by atoms with E-state index in [1.807, 2.05) is 41.8 Å². The minimum absolute atomic E-state index is 0.0820. The van der Waals surface area contributed by atoms with Crippen molar-refractivity contribution in [2.45, 2.75) is 39.2 Å². The van der Waals surface area contributed by atoms with E-state index in [-0.39, 0.29) is 11.7 Å². The van der Waals surface area contributed by atoms with Gasteiger partial charge in [-0.3, -0.25) is 9.20 Å². The molecule has 0 spiro atoms. The van der Waals surface area contributed by atoms with Crippen LogP contribution in [0.4, 0.5) is 4.39 Å². The summed E-state index contributed by atoms with van der Waals surface area (Å²) in [4.78, 5) is 13.4. The molecule has 1 amide bonds. The molecule has 0 saturated heterocycles. The van der Waals surface area contributed by atoms with Gasteiger partial charge in [0.15, 0.2) is 0 Å². The predicted molar refractivity (Wildman–Crippen MR) is 127 cm³/mol. The van der Waals surface area contributed by atoms with Gasteiger partial charge in [0.2, 0.25) is 0 Å². The zero-order chi connectivity index (χ0) is 22.2. The van der Waals surface area contributed by atoms with Crippen LogP contribution in [-0.2, 0) is 13.0 Å². The van der Waals surface area contributed by atoms with E-state index in [1.54, 1.807) is 12.1 Å². The lowest BCUT2D eigenvalue weighted by Crippen LogP contribution is -2.25. The highest BCUT2D eigenvalue weighted by Crippen LogP contribution is 2.39. The van der Waals surface area contributed by atoms with Crippen molar-refractivity contribution in [3.63, 3.8) is 0 Å². The summed E-state index contributed by atoms with van der Waals surface area (Å²) in [5, 5.41) is 3.74. The van der Waals surface area contributed by atoms with E-state index in [1.165, 1.54) is 17.7 Å². The van der Waals surface area contributed by atoms with Crippen molar-refractivity contribution in [1.29, 1.82) is 0 Å². The van der Waals surface area contributed by atoms with Crippen LogP contribution >= 0.6 is 11.6 Å². The minimum atomic E-state index is -0.256. The number of carbonyl (C=O) groups excluding carboxylic acids is 1. The maximum absolute atomic E-state index is 13.6. The maximum atomic E-state index is 13.6. The van der Waals surface area contributed by atoms with Gasteiger partial charge in [0.05, 0.1) is 5.69 Å². The molecule has 0 unspecified atom stereocenters. The van der Waals surface area contributed by atoms with Crippen molar-refractivity contribution < 1.29 is 9.18 Å². The summed E-state index contributed by atoms with van der Waals surface area (Å²) >= 11 is 6.15. The highest BCUT2D eigenvalue weighted by atomic mass is 35.5. The van der Waals surface area contributed by atoms with Crippen LogP contribution in [0.5, 0.6) is 0 Å². The van der Waals surface area contributed by atoms with Gasteiger partial charge in [0, 0.05) is 35.4 Å². The molecule has 0 saturated carbocycles. The van der Waals surface area contributed by atoms with Crippen molar-refractivity contribution in [1.82, 2.24) is 14.3 Å². The van der Waals surface area contributed by atoms with E-state index in [0.29, 0.717) is 17.3 Å². The van der Waals surface area contributed by atoms with Crippen molar-refractivity contribution >= 4 is 23.2 Å². The summed E-state index contributed by atoms with van der Waals surface area (Å²) < 4.78 is 17.9. The molecule has 164 valence electrons. The molecule has 4 aromatic rings. The number of aromatic nitrogens is 2. The van der Waals surface area contributed by atoms with Gasteiger partial charge in [-0.1, -0.05) is 30.7 Å². The number of halogens is 2. The summed E-state index contributed by atoms with van der Waals surface area (Å²) in [6, 6.07) is 14.3. The highest BCUT2D eigenvalue weighted by Gasteiger charge is 2.29. The summed E-state index contributed by atoms with van der Waals surface area (Å²) in [7, 11) is 0. The van der Waals surface area contributed by atoms with Crippen molar-refractivity contribution in [3.8, 4) is 22.4 Å². The van der Waals surface area contributed by atoms with E-state index in [0.717, 1.165) is 60.3 Å². The Kier molecular flexibility index (Phi) is 5.51. The van der Waals surface area contributed by atoms with Gasteiger partial charge in [-0.25, -0.2) is 4.39 Å². The van der Waals surface area contributed by atoms with Crippen LogP contribution in [-0.4, -0.2) is 21.4 Å². The van der Waals surface area contributed by atoms with Crippen molar-refractivity contribution in [2.75, 3.05) is 6.54 Å². The Bertz CT molecular complexity index is 1290. The molecule has 0 fully saturated rings. The second-order valence-electron chi connectivity index (χ2n) is 8.29. The Morgan fingerprint density at radius 3 is 2.50 bits per heavy atom. The second kappa shape index (κ2) is 8.47. The molecule has 0 aliphatic carbocycles. The van der Waals surface area contributed by atoms with Crippen LogP contribution < -0.4 is 5.32 Å². The molecule has 1 aliphatic heterocycles. The molecule has 32 heavy (non-hydrogen) atoms. The van der Waals surface area contributed by atoms with Crippen LogP contribution in [0.3, 0.4) is 0 Å². The van der Waals surface area contributed by atoms with Crippen molar-refractivity contribution in [3.05, 3.63) is 76.8 Å². The fourth-order valence-corrected chi connectivity index (χ4v) is 4.84. The van der Waals surface area contributed by atoms with Crippen LogP contribution in [0, 0.1) is 5.82 Å². The van der Waals surface area contributed by atoms with E-state index in [4.69, 9.17) is 11.6 Å². The second-order valence-corrected chi connectivity index (χ2v) is 8.72. The number of rotatable bonds is 5. The Morgan fingerprint density at radius 2 is 1.78 bits per heavy atom. The summed E-state index contributed by atoms with van der Waals surface area (Å²) in [6.07, 6.45) is 5.88. The number of aryl methyl sites for hydroxylation is 2. The normalized spacial score (nSPS) is 13.3. The number of imidazole rings is 1. The first-order valence-corrected chi connectivity index (χ1v) is 11.5. The average Bonchev–Trinajstić information content (AvgIpc) is 3.21. The van der Waals surface area contributed by atoms with Gasteiger partial charge in [-0.05, 0) is 73.2 Å². The molecular formula is C26H25ClFN3O. The Morgan fingerprint density at radius 1 is 1.06 bits per heavy atom. The lowest BCUT2D eigenvalue weighted by molar-refractivity contribution is 0.0948. The fraction of sp³-hybridized carbons (Fsp3) is 0.269. The predicted octanol–water partition coefficient (Wildman–Crippen LogP) is 6.34. The van der Waals surface area contributed by atoms with E-state index >= 15 is 0 Å². The molecule has 2 aromatic heterocycles. The van der Waals surface area contributed by atoms with Gasteiger partial charge >= 0.3 is 0 Å². The number of hydrogen-bond acceptors (Lipinski definition) is 1. The number of hydrogen-bond donors (Lipinski definition) is 1. The number of carbonyl (C=O) groups is 1. The third-order valence-corrected chi connectivity index (χ3v) is 6.41. The lowest BCUT2D eigenvalue weighted by atomic mass is 9.98. The van der Waals surface area contributed by atoms with E-state index in [9.17, 15) is 9.18 Å². The first-order valence-electron chi connectivity index (χ1n) is 11.1. The smallest absolute Gasteiger partial charge is 0.268 e. The summed E-state index contributed by atoms with van der Waals surface area (Å²) in [5.41, 5.74) is 6.78. The molecule has 0 atom stereocenters. The Labute approximate surface area is 191 Å². The third-order valence-electron chi connectivity index (χ3n) is 6.16. The molecule has 5 rings (SSSR count). The van der Waals surface area contributed by atoms with Gasteiger partial charge in [-0.15, -0.1) is 0 Å². The fourth-order valence-electron chi connectivity index (χ4n) is 4.71. The molecule has 1 N–H and O–H groups in total. The number of nitrogens with zero attached hydrogens (tertiary/aromatic N) is 2. The maximum Gasteiger partial charge on any atom is 0.268 e. The molecule has 0 bridgehead atoms. The molecule has 2 aromatic carbocycles. The number of amides is 1. The first-order chi connectivity index (χ1) is 15.6. The summed E-state index contributed by atoms with van der Waals surface area (Å²) in [6.45, 7) is 3.52. The highest BCUT2D eigenvalue weighted by molar-refractivity contribution is 6.30. The lowest BCUT2D eigenvalue weighted by Gasteiger charge is -2.10. The van der Waals surface area contributed by atoms with Crippen LogP contribution in [0.1, 0.15) is 42.2 Å². The monoisotopic (exact) mass is 449 g/mol. The molecule has 1 aliphatic rings. The number of nitrogens with one attached hydrogen (secondary N) is 1. The van der Waals surface area contributed by atoms with E-state index in [2.05, 4.69) is 9.88 Å². The SMILES string of the molecule is CCCNC(=O)c1c(-c2ccc(Cl)cc2)c2c3n(c(-c4ccc(F)cc4)cn13)CCCC2. The standard InChI is InChI=1S/C26H25ClFN3O/c1-2-14-29-25(32)24-23(18-6-10-19(27)11-7-18)21-5-3-4-15-30-22(16-31(24)26(21)30)17-8-12-20(28)13-9-17/h6-13,16H,2-5,14-15H2,1H3,(H,29,32). The zero-order valence-corrected chi connectivity index (χ0v) is 18.8. The van der Waals surface area contributed by atoms with Gasteiger partial charge in [-0.2, -0.15) is 0 Å². The largest absolute Gasteiger partial charge is 0.351 e. The number of benzene rings is 2. The Balaban J connectivity index is 1.80. The van der Waals surface area contributed by atoms with Crippen LogP contribution in [0.2, 0.25) is 5.02 Å². The first kappa shape index (κ1) is 20.8. The minimum Gasteiger partial charge on any atom is -0.351 e. The van der Waals surface area contributed by atoms with Gasteiger partial charge in [0.25, 0.3) is 5.91 Å². The van der Waals surface area contributed by atoms with Gasteiger partial charge < -0.3 is 9.88 Å². The summed E-state index contributed by atoms with van der Waals surface area (Å²) in [5.74, 6) is -0.338.